The summed E-state index contributed by atoms with van der Waals surface area (Å²) in [5, 5.41) is 0.292. The van der Waals surface area contributed by atoms with Gasteiger partial charge in [-0.3, -0.25) is 0 Å². The Morgan fingerprint density at radius 1 is 1.35 bits per heavy atom. The number of nitrogen functional groups attached to an aromatic ring is 1. The van der Waals surface area contributed by atoms with Crippen LogP contribution in [0.1, 0.15) is 12.8 Å². The fourth-order valence-electron chi connectivity index (χ4n) is 1.72. The largest absolute Gasteiger partial charge is 0.398 e. The molecule has 0 aromatic heterocycles. The second kappa shape index (κ2) is 6.49. The molecule has 0 amide bonds. The summed E-state index contributed by atoms with van der Waals surface area (Å²) in [5.41, 5.74) is 5.69. The van der Waals surface area contributed by atoms with Gasteiger partial charge in [-0.2, -0.15) is 0 Å². The Kier molecular flexibility index (Phi) is 5.14. The number of anilines is 1. The lowest BCUT2D eigenvalue weighted by Gasteiger charge is -2.11. The number of hydrogen-bond donors (Lipinski definition) is 2. The summed E-state index contributed by atoms with van der Waals surface area (Å²) in [6.45, 7) is 1.18. The quantitative estimate of drug-likeness (QED) is 0.590. The Morgan fingerprint density at radius 2 is 2.05 bits per heavy atom. The molecule has 3 N–H and O–H groups in total. The fraction of sp³-hybridized carbons (Fsp3) is 0.500. The third kappa shape index (κ3) is 4.23. The third-order valence-electron chi connectivity index (χ3n) is 2.89. The molecule has 0 spiro atoms. The average molecular weight is 339 g/mol. The lowest BCUT2D eigenvalue weighted by Crippen LogP contribution is -2.28. The van der Waals surface area contributed by atoms with Crippen LogP contribution in [0.3, 0.4) is 0 Å². The number of ether oxygens (including phenoxy) is 1. The zero-order chi connectivity index (χ0) is 14.8. The summed E-state index contributed by atoms with van der Waals surface area (Å²) in [4.78, 5) is -0.147. The first-order chi connectivity index (χ1) is 9.40. The lowest BCUT2D eigenvalue weighted by atomic mass is 10.3. The lowest BCUT2D eigenvalue weighted by molar-refractivity contribution is 0.129. The van der Waals surface area contributed by atoms with Gasteiger partial charge in [0.1, 0.15) is 4.90 Å². The Labute approximate surface area is 128 Å². The van der Waals surface area contributed by atoms with Crippen LogP contribution in [0.4, 0.5) is 5.69 Å². The van der Waals surface area contributed by atoms with E-state index >= 15 is 0 Å². The SMILES string of the molecule is Nc1cc(Cl)cc(Cl)c1S(=O)(=O)NCCOCC1CC1. The minimum atomic E-state index is -3.77. The number of nitrogens with one attached hydrogen (secondary N) is 1. The highest BCUT2D eigenvalue weighted by Crippen LogP contribution is 2.31. The van der Waals surface area contributed by atoms with Crippen molar-refractivity contribution in [2.75, 3.05) is 25.5 Å². The van der Waals surface area contributed by atoms with Crippen LogP contribution in [0, 0.1) is 5.92 Å². The number of sulfonamides is 1. The van der Waals surface area contributed by atoms with E-state index in [4.69, 9.17) is 33.7 Å². The van der Waals surface area contributed by atoms with Gasteiger partial charge in [-0.15, -0.1) is 0 Å². The fourth-order valence-corrected chi connectivity index (χ4v) is 3.71. The van der Waals surface area contributed by atoms with Crippen LogP contribution in [0.2, 0.25) is 10.0 Å². The molecule has 5 nitrogen and oxygen atoms in total. The van der Waals surface area contributed by atoms with E-state index in [9.17, 15) is 8.42 Å². The number of halogens is 2. The van der Waals surface area contributed by atoms with E-state index in [1.165, 1.54) is 25.0 Å². The van der Waals surface area contributed by atoms with Crippen molar-refractivity contribution in [1.82, 2.24) is 4.72 Å². The highest BCUT2D eigenvalue weighted by Gasteiger charge is 2.23. The van der Waals surface area contributed by atoms with Gasteiger partial charge in [0.2, 0.25) is 10.0 Å². The molecule has 112 valence electrons. The summed E-state index contributed by atoms with van der Waals surface area (Å²) < 4.78 is 32.0. The van der Waals surface area contributed by atoms with Crippen molar-refractivity contribution in [2.45, 2.75) is 17.7 Å². The number of nitrogens with two attached hydrogens (primary N) is 1. The summed E-state index contributed by atoms with van der Waals surface area (Å²) in [5.74, 6) is 0.646. The van der Waals surface area contributed by atoms with Crippen molar-refractivity contribution in [3.05, 3.63) is 22.2 Å². The van der Waals surface area contributed by atoms with Crippen molar-refractivity contribution < 1.29 is 13.2 Å². The number of benzene rings is 1. The minimum absolute atomic E-state index is 0.00130. The summed E-state index contributed by atoms with van der Waals surface area (Å²) in [6.07, 6.45) is 2.39. The van der Waals surface area contributed by atoms with Gasteiger partial charge in [0, 0.05) is 18.2 Å². The molecule has 0 saturated heterocycles. The first-order valence-corrected chi connectivity index (χ1v) is 8.46. The Balaban J connectivity index is 1.95. The third-order valence-corrected chi connectivity index (χ3v) is 5.10. The predicted molar refractivity (Wildman–Crippen MR) is 79.6 cm³/mol. The second-order valence-electron chi connectivity index (χ2n) is 4.72. The van der Waals surface area contributed by atoms with E-state index in [-0.39, 0.29) is 22.2 Å². The van der Waals surface area contributed by atoms with Crippen molar-refractivity contribution in [3.63, 3.8) is 0 Å². The molecule has 1 aliphatic rings. The topological polar surface area (TPSA) is 81.4 Å². The van der Waals surface area contributed by atoms with Gasteiger partial charge in [-0.05, 0) is 30.9 Å². The standard InChI is InChI=1S/C12H16Cl2N2O3S/c13-9-5-10(14)12(11(15)6-9)20(17,18)16-3-4-19-7-8-1-2-8/h5-6,8,16H,1-4,7,15H2. The molecular formula is C12H16Cl2N2O3S. The summed E-state index contributed by atoms with van der Waals surface area (Å²) in [7, 11) is -3.77. The van der Waals surface area contributed by atoms with Gasteiger partial charge in [0.05, 0.1) is 17.3 Å². The van der Waals surface area contributed by atoms with Gasteiger partial charge in [0.25, 0.3) is 0 Å². The first kappa shape index (κ1) is 15.9. The Morgan fingerprint density at radius 3 is 2.65 bits per heavy atom. The van der Waals surface area contributed by atoms with Crippen LogP contribution in [0.25, 0.3) is 0 Å². The van der Waals surface area contributed by atoms with E-state index in [2.05, 4.69) is 4.72 Å². The molecule has 0 heterocycles. The zero-order valence-corrected chi connectivity index (χ0v) is 13.1. The summed E-state index contributed by atoms with van der Waals surface area (Å²) >= 11 is 11.6. The van der Waals surface area contributed by atoms with Crippen LogP contribution in [-0.2, 0) is 14.8 Å². The van der Waals surface area contributed by atoms with E-state index in [0.29, 0.717) is 24.2 Å². The van der Waals surface area contributed by atoms with Crippen LogP contribution >= 0.6 is 23.2 Å². The normalized spacial score (nSPS) is 15.5. The van der Waals surface area contributed by atoms with Gasteiger partial charge >= 0.3 is 0 Å². The van der Waals surface area contributed by atoms with Crippen molar-refractivity contribution >= 4 is 38.9 Å². The maximum Gasteiger partial charge on any atom is 0.244 e. The molecule has 1 aromatic carbocycles. The van der Waals surface area contributed by atoms with E-state index < -0.39 is 10.0 Å². The molecule has 1 fully saturated rings. The molecule has 0 aliphatic heterocycles. The average Bonchev–Trinajstić information content (AvgIpc) is 3.10. The molecule has 1 saturated carbocycles. The van der Waals surface area contributed by atoms with E-state index in [1.54, 1.807) is 0 Å². The van der Waals surface area contributed by atoms with Gasteiger partial charge in [-0.1, -0.05) is 23.2 Å². The smallest absolute Gasteiger partial charge is 0.244 e. The van der Waals surface area contributed by atoms with Crippen LogP contribution in [-0.4, -0.2) is 28.2 Å². The maximum atomic E-state index is 12.1. The molecule has 1 aromatic rings. The van der Waals surface area contributed by atoms with Gasteiger partial charge in [0.15, 0.2) is 0 Å². The van der Waals surface area contributed by atoms with Crippen LogP contribution < -0.4 is 10.5 Å². The monoisotopic (exact) mass is 338 g/mol. The first-order valence-electron chi connectivity index (χ1n) is 6.22. The minimum Gasteiger partial charge on any atom is -0.398 e. The zero-order valence-electron chi connectivity index (χ0n) is 10.7. The molecule has 20 heavy (non-hydrogen) atoms. The number of rotatable bonds is 7. The Bertz CT molecular complexity index is 565. The second-order valence-corrected chi connectivity index (χ2v) is 7.27. The molecule has 2 rings (SSSR count). The van der Waals surface area contributed by atoms with E-state index in [0.717, 1.165) is 0 Å². The highest BCUT2D eigenvalue weighted by atomic mass is 35.5. The summed E-state index contributed by atoms with van der Waals surface area (Å²) in [6, 6.07) is 2.70. The van der Waals surface area contributed by atoms with Gasteiger partial charge < -0.3 is 10.5 Å². The molecule has 0 bridgehead atoms. The number of hydrogen-bond acceptors (Lipinski definition) is 4. The van der Waals surface area contributed by atoms with Crippen molar-refractivity contribution in [3.8, 4) is 0 Å². The molecule has 0 unspecified atom stereocenters. The van der Waals surface area contributed by atoms with Gasteiger partial charge in [-0.25, -0.2) is 13.1 Å². The van der Waals surface area contributed by atoms with E-state index in [1.807, 2.05) is 0 Å². The van der Waals surface area contributed by atoms with Crippen molar-refractivity contribution in [2.24, 2.45) is 5.92 Å². The predicted octanol–water partition coefficient (Wildman–Crippen LogP) is 2.28. The molecule has 0 radical (unpaired) electrons. The molecule has 0 atom stereocenters. The molecule has 8 heteroatoms. The Hall–Kier alpha value is -0.530. The molecule has 1 aliphatic carbocycles. The van der Waals surface area contributed by atoms with Crippen molar-refractivity contribution in [1.29, 1.82) is 0 Å². The van der Waals surface area contributed by atoms with Crippen LogP contribution in [0.15, 0.2) is 17.0 Å². The van der Waals surface area contributed by atoms with Crippen LogP contribution in [0.5, 0.6) is 0 Å². The highest BCUT2D eigenvalue weighted by molar-refractivity contribution is 7.89. The molecular weight excluding hydrogens is 323 g/mol. The maximum absolute atomic E-state index is 12.1.